The summed E-state index contributed by atoms with van der Waals surface area (Å²) in [6, 6.07) is 15.0. The first-order valence-corrected chi connectivity index (χ1v) is 13.4. The Labute approximate surface area is 234 Å². The number of halogens is 2. The Morgan fingerprint density at radius 1 is 0.925 bits per heavy atom. The van der Waals surface area contributed by atoms with Crippen LogP contribution in [0.4, 0.5) is 15.8 Å². The van der Waals surface area contributed by atoms with E-state index in [4.69, 9.17) is 11.6 Å². The van der Waals surface area contributed by atoms with Gasteiger partial charge in [0, 0.05) is 48.7 Å². The summed E-state index contributed by atoms with van der Waals surface area (Å²) in [5.74, 6) is -4.94. The van der Waals surface area contributed by atoms with Crippen LogP contribution in [-0.2, 0) is 14.4 Å². The number of hydrogen-bond donors (Lipinski definition) is 3. The highest BCUT2D eigenvalue weighted by Gasteiger charge is 2.63. The van der Waals surface area contributed by atoms with Crippen molar-refractivity contribution in [3.63, 3.8) is 0 Å². The van der Waals surface area contributed by atoms with Crippen LogP contribution in [0.2, 0.25) is 5.02 Å². The SMILES string of the molecule is O=C(Nc1ccc(Cl)cc1)[C@@H]1[C@H](C(=O)Nc2ccc(-n3ccccc3=O)cc2F)[C@H]1C(=O)N1CCC(CO)CC1. The Morgan fingerprint density at radius 2 is 1.60 bits per heavy atom. The minimum absolute atomic E-state index is 0.0475. The molecular weight excluding hydrogens is 539 g/mol. The number of rotatable bonds is 7. The first-order valence-electron chi connectivity index (χ1n) is 13.0. The molecule has 3 N–H and O–H groups in total. The van der Waals surface area contributed by atoms with E-state index in [0.717, 1.165) is 6.07 Å². The number of carbonyl (C=O) groups excluding carboxylic acids is 3. The number of amides is 3. The third kappa shape index (κ3) is 5.78. The molecule has 9 nitrogen and oxygen atoms in total. The molecule has 1 aliphatic heterocycles. The Kier molecular flexibility index (Phi) is 7.99. The summed E-state index contributed by atoms with van der Waals surface area (Å²) in [6.45, 7) is 0.899. The van der Waals surface area contributed by atoms with Crippen molar-refractivity contribution in [2.45, 2.75) is 12.8 Å². The van der Waals surface area contributed by atoms with Crippen LogP contribution in [0.5, 0.6) is 0 Å². The highest BCUT2D eigenvalue weighted by Crippen LogP contribution is 2.49. The molecular formula is C29H28ClFN4O5. The van der Waals surface area contributed by atoms with E-state index in [1.165, 1.54) is 29.0 Å². The second kappa shape index (κ2) is 11.6. The van der Waals surface area contributed by atoms with Crippen LogP contribution in [0.1, 0.15) is 12.8 Å². The molecule has 208 valence electrons. The van der Waals surface area contributed by atoms with Gasteiger partial charge in [-0.05, 0) is 61.2 Å². The van der Waals surface area contributed by atoms with Gasteiger partial charge in [-0.1, -0.05) is 17.7 Å². The fourth-order valence-corrected chi connectivity index (χ4v) is 5.31. The molecule has 40 heavy (non-hydrogen) atoms. The molecule has 0 bridgehead atoms. The van der Waals surface area contributed by atoms with Gasteiger partial charge in [-0.25, -0.2) is 4.39 Å². The van der Waals surface area contributed by atoms with Gasteiger partial charge in [-0.3, -0.25) is 23.7 Å². The second-order valence-electron chi connectivity index (χ2n) is 10.1. The van der Waals surface area contributed by atoms with E-state index < -0.39 is 35.4 Å². The maximum absolute atomic E-state index is 15.0. The number of piperidine rings is 1. The molecule has 2 heterocycles. The lowest BCUT2D eigenvalue weighted by Gasteiger charge is -2.31. The highest BCUT2D eigenvalue weighted by molar-refractivity contribution is 6.30. The van der Waals surface area contributed by atoms with Crippen molar-refractivity contribution < 1.29 is 23.9 Å². The normalized spacial score (nSPS) is 20.6. The van der Waals surface area contributed by atoms with Crippen LogP contribution in [0.15, 0.2) is 71.7 Å². The van der Waals surface area contributed by atoms with Crippen LogP contribution in [0.25, 0.3) is 5.69 Å². The maximum atomic E-state index is 15.0. The number of anilines is 2. The van der Waals surface area contributed by atoms with Crippen molar-refractivity contribution in [2.24, 2.45) is 23.7 Å². The van der Waals surface area contributed by atoms with Gasteiger partial charge < -0.3 is 20.6 Å². The number of likely N-dealkylation sites (tertiary alicyclic amines) is 1. The zero-order valence-electron chi connectivity index (χ0n) is 21.4. The van der Waals surface area contributed by atoms with E-state index in [-0.39, 0.29) is 35.4 Å². The quantitative estimate of drug-likeness (QED) is 0.405. The van der Waals surface area contributed by atoms with Gasteiger partial charge in [0.25, 0.3) is 5.56 Å². The monoisotopic (exact) mass is 566 g/mol. The summed E-state index contributed by atoms with van der Waals surface area (Å²) in [7, 11) is 0. The van der Waals surface area contributed by atoms with Gasteiger partial charge in [-0.15, -0.1) is 0 Å². The predicted octanol–water partition coefficient (Wildman–Crippen LogP) is 3.30. The Balaban J connectivity index is 1.34. The third-order valence-corrected chi connectivity index (χ3v) is 7.77. The largest absolute Gasteiger partial charge is 0.396 e. The number of aliphatic hydroxyl groups is 1. The van der Waals surface area contributed by atoms with E-state index in [9.17, 15) is 28.7 Å². The molecule has 1 saturated heterocycles. The molecule has 11 heteroatoms. The minimum atomic E-state index is -0.994. The summed E-state index contributed by atoms with van der Waals surface area (Å²) in [6.07, 6.45) is 2.77. The molecule has 2 fully saturated rings. The average Bonchev–Trinajstić information content (AvgIpc) is 3.71. The van der Waals surface area contributed by atoms with Crippen molar-refractivity contribution in [1.29, 1.82) is 0 Å². The fourth-order valence-electron chi connectivity index (χ4n) is 5.19. The van der Waals surface area contributed by atoms with Crippen molar-refractivity contribution in [3.8, 4) is 5.69 Å². The molecule has 1 aromatic heterocycles. The molecule has 0 spiro atoms. The molecule has 2 aliphatic rings. The number of carbonyl (C=O) groups is 3. The summed E-state index contributed by atoms with van der Waals surface area (Å²) in [4.78, 5) is 53.6. The zero-order chi connectivity index (χ0) is 28.4. The van der Waals surface area contributed by atoms with Crippen LogP contribution in [-0.4, -0.2) is 52.0 Å². The molecule has 1 saturated carbocycles. The number of nitrogens with one attached hydrogen (secondary N) is 2. The molecule has 1 aliphatic carbocycles. The van der Waals surface area contributed by atoms with E-state index >= 15 is 0 Å². The molecule has 3 aromatic rings. The van der Waals surface area contributed by atoms with Gasteiger partial charge in [0.05, 0.1) is 29.1 Å². The summed E-state index contributed by atoms with van der Waals surface area (Å²) in [5.41, 5.74) is 0.285. The van der Waals surface area contributed by atoms with Crippen LogP contribution in [0.3, 0.4) is 0 Å². The molecule has 3 atom stereocenters. The van der Waals surface area contributed by atoms with Crippen molar-refractivity contribution in [3.05, 3.63) is 88.1 Å². The molecule has 3 amide bonds. The van der Waals surface area contributed by atoms with Gasteiger partial charge in [0.1, 0.15) is 5.82 Å². The predicted molar refractivity (Wildman–Crippen MR) is 148 cm³/mol. The third-order valence-electron chi connectivity index (χ3n) is 7.52. The lowest BCUT2D eigenvalue weighted by Crippen LogP contribution is -2.41. The van der Waals surface area contributed by atoms with Crippen molar-refractivity contribution in [1.82, 2.24) is 9.47 Å². The van der Waals surface area contributed by atoms with E-state index in [1.807, 2.05) is 0 Å². The minimum Gasteiger partial charge on any atom is -0.396 e. The van der Waals surface area contributed by atoms with E-state index in [0.29, 0.717) is 36.6 Å². The van der Waals surface area contributed by atoms with Crippen molar-refractivity contribution >= 4 is 40.7 Å². The van der Waals surface area contributed by atoms with Gasteiger partial charge in [-0.2, -0.15) is 0 Å². The Morgan fingerprint density at radius 3 is 2.23 bits per heavy atom. The summed E-state index contributed by atoms with van der Waals surface area (Å²) >= 11 is 5.92. The van der Waals surface area contributed by atoms with E-state index in [1.54, 1.807) is 41.3 Å². The van der Waals surface area contributed by atoms with Gasteiger partial charge in [0.15, 0.2) is 0 Å². The zero-order valence-corrected chi connectivity index (χ0v) is 22.2. The lowest BCUT2D eigenvalue weighted by atomic mass is 9.97. The standard InChI is InChI=1S/C29H28ClFN4O5/c30-18-4-6-19(7-5-18)32-27(38)24-25(26(24)29(40)34-13-10-17(16-36)11-14-34)28(39)33-22-9-8-20(15-21(22)31)35-12-2-1-3-23(35)37/h1-9,12,15,17,24-26,36H,10-11,13-14,16H2,(H,32,38)(H,33,39)/t24-,25+,26+/m1/s1. The van der Waals surface area contributed by atoms with Crippen LogP contribution in [0, 0.1) is 29.5 Å². The number of hydrogen-bond acceptors (Lipinski definition) is 5. The lowest BCUT2D eigenvalue weighted by molar-refractivity contribution is -0.136. The number of nitrogens with zero attached hydrogens (tertiary/aromatic N) is 2. The van der Waals surface area contributed by atoms with Crippen LogP contribution >= 0.6 is 11.6 Å². The maximum Gasteiger partial charge on any atom is 0.255 e. The number of benzene rings is 2. The number of aromatic nitrogens is 1. The van der Waals surface area contributed by atoms with Crippen LogP contribution < -0.4 is 16.2 Å². The van der Waals surface area contributed by atoms with Gasteiger partial charge >= 0.3 is 0 Å². The second-order valence-corrected chi connectivity index (χ2v) is 10.5. The molecule has 2 aromatic carbocycles. The summed E-state index contributed by atoms with van der Waals surface area (Å²) in [5, 5.41) is 15.2. The number of pyridine rings is 1. The first-order chi connectivity index (χ1) is 19.3. The van der Waals surface area contributed by atoms with E-state index in [2.05, 4.69) is 10.6 Å². The number of aliphatic hydroxyl groups excluding tert-OH is 1. The molecule has 0 unspecified atom stereocenters. The highest BCUT2D eigenvalue weighted by atomic mass is 35.5. The topological polar surface area (TPSA) is 121 Å². The Bertz CT molecular complexity index is 1490. The smallest absolute Gasteiger partial charge is 0.255 e. The summed E-state index contributed by atoms with van der Waals surface area (Å²) < 4.78 is 16.3. The van der Waals surface area contributed by atoms with Crippen molar-refractivity contribution in [2.75, 3.05) is 30.3 Å². The Hall–Kier alpha value is -4.02. The molecule has 0 radical (unpaired) electrons. The molecule has 5 rings (SSSR count). The average molecular weight is 567 g/mol. The first kappa shape index (κ1) is 27.5. The fraction of sp³-hybridized carbons (Fsp3) is 0.310. The van der Waals surface area contributed by atoms with Gasteiger partial charge in [0.2, 0.25) is 17.7 Å².